The lowest BCUT2D eigenvalue weighted by atomic mass is 10.1. The molecule has 0 unspecified atom stereocenters. The average Bonchev–Trinajstić information content (AvgIpc) is 2.64. The Morgan fingerprint density at radius 1 is 1.07 bits per heavy atom. The van der Waals surface area contributed by atoms with E-state index in [1.807, 2.05) is 31.2 Å². The van der Waals surface area contributed by atoms with E-state index in [1.165, 1.54) is 23.8 Å². The van der Waals surface area contributed by atoms with Crippen LogP contribution in [0, 0.1) is 0 Å². The van der Waals surface area contributed by atoms with E-state index in [-0.39, 0.29) is 17.4 Å². The molecule has 0 aromatic heterocycles. The maximum absolute atomic E-state index is 12.4. The molecule has 3 aromatic carbocycles. The fraction of sp³-hybridized carbons (Fsp3) is 0.136. The summed E-state index contributed by atoms with van der Waals surface area (Å²) >= 11 is 5.90. The van der Waals surface area contributed by atoms with Crippen LogP contribution >= 0.6 is 11.6 Å². The minimum absolute atomic E-state index is 0.0182. The number of rotatable bonds is 6. The third kappa shape index (κ3) is 5.25. The number of anilines is 1. The first-order valence-electron chi connectivity index (χ1n) is 8.62. The van der Waals surface area contributed by atoms with Crippen LogP contribution in [0.25, 0.3) is 0 Å². The zero-order valence-electron chi connectivity index (χ0n) is 14.9. The Bertz CT molecular complexity index is 928. The van der Waals surface area contributed by atoms with Crippen molar-refractivity contribution in [2.24, 2.45) is 0 Å². The fourth-order valence-electron chi connectivity index (χ4n) is 2.76. The van der Waals surface area contributed by atoms with E-state index in [1.54, 1.807) is 18.2 Å². The number of ether oxygens (including phenoxy) is 1. The van der Waals surface area contributed by atoms with Gasteiger partial charge in [-0.1, -0.05) is 48.0 Å². The van der Waals surface area contributed by atoms with Crippen molar-refractivity contribution < 1.29 is 14.6 Å². The van der Waals surface area contributed by atoms with Crippen LogP contribution in [0.1, 0.15) is 22.8 Å². The Morgan fingerprint density at radius 3 is 2.63 bits per heavy atom. The molecule has 0 aliphatic rings. The Kier molecular flexibility index (Phi) is 5.99. The molecule has 1 atom stereocenters. The molecule has 0 fully saturated rings. The van der Waals surface area contributed by atoms with Crippen LogP contribution < -0.4 is 10.1 Å². The summed E-state index contributed by atoms with van der Waals surface area (Å²) in [6.07, 6.45) is 0.767. The summed E-state index contributed by atoms with van der Waals surface area (Å²) < 4.78 is 5.97. The summed E-state index contributed by atoms with van der Waals surface area (Å²) in [5.74, 6) is 0.0943. The highest BCUT2D eigenvalue weighted by Gasteiger charge is 2.13. The van der Waals surface area contributed by atoms with Gasteiger partial charge in [0.05, 0.1) is 11.7 Å². The Balaban J connectivity index is 1.66. The highest BCUT2D eigenvalue weighted by atomic mass is 35.5. The molecule has 0 radical (unpaired) electrons. The second-order valence-corrected chi connectivity index (χ2v) is 6.70. The molecular formula is C22H20ClNO3. The van der Waals surface area contributed by atoms with Crippen molar-refractivity contribution in [2.45, 2.75) is 19.4 Å². The van der Waals surface area contributed by atoms with Gasteiger partial charge in [-0.25, -0.2) is 0 Å². The molecule has 27 heavy (non-hydrogen) atoms. The van der Waals surface area contributed by atoms with Gasteiger partial charge in [0.25, 0.3) is 5.91 Å². The van der Waals surface area contributed by atoms with Gasteiger partial charge in [0.2, 0.25) is 0 Å². The number of carbonyl (C=O) groups is 1. The Labute approximate surface area is 163 Å². The van der Waals surface area contributed by atoms with E-state index in [0.717, 1.165) is 6.42 Å². The zero-order valence-corrected chi connectivity index (χ0v) is 15.6. The monoisotopic (exact) mass is 381 g/mol. The van der Waals surface area contributed by atoms with Crippen molar-refractivity contribution in [3.05, 3.63) is 88.9 Å². The van der Waals surface area contributed by atoms with Gasteiger partial charge in [0, 0.05) is 23.2 Å². The third-order valence-electron chi connectivity index (χ3n) is 4.00. The van der Waals surface area contributed by atoms with E-state index in [0.29, 0.717) is 16.5 Å². The predicted octanol–water partition coefficient (Wildman–Crippen LogP) is 5.31. The number of carbonyl (C=O) groups excluding carboxylic acids is 1. The number of phenolic OH excluding ortho intramolecular Hbond substituents is 1. The van der Waals surface area contributed by atoms with Crippen LogP contribution in [0.4, 0.5) is 5.69 Å². The van der Waals surface area contributed by atoms with Crippen LogP contribution in [-0.2, 0) is 6.42 Å². The molecule has 0 aliphatic carbocycles. The summed E-state index contributed by atoms with van der Waals surface area (Å²) in [5, 5.41) is 13.0. The highest BCUT2D eigenvalue weighted by molar-refractivity contribution is 6.31. The van der Waals surface area contributed by atoms with Gasteiger partial charge in [0.15, 0.2) is 0 Å². The summed E-state index contributed by atoms with van der Waals surface area (Å²) in [7, 11) is 0. The first kappa shape index (κ1) is 18.8. The van der Waals surface area contributed by atoms with E-state index in [2.05, 4.69) is 17.4 Å². The van der Waals surface area contributed by atoms with Crippen molar-refractivity contribution in [3.63, 3.8) is 0 Å². The molecule has 4 nitrogen and oxygen atoms in total. The molecule has 0 aliphatic heterocycles. The number of aromatic hydroxyl groups is 1. The quantitative estimate of drug-likeness (QED) is 0.608. The van der Waals surface area contributed by atoms with Crippen LogP contribution in [0.15, 0.2) is 72.8 Å². The van der Waals surface area contributed by atoms with Gasteiger partial charge < -0.3 is 15.2 Å². The molecule has 3 rings (SSSR count). The van der Waals surface area contributed by atoms with E-state index in [9.17, 15) is 9.90 Å². The smallest absolute Gasteiger partial charge is 0.259 e. The van der Waals surface area contributed by atoms with E-state index in [4.69, 9.17) is 16.3 Å². The van der Waals surface area contributed by atoms with Crippen molar-refractivity contribution in [3.8, 4) is 11.5 Å². The van der Waals surface area contributed by atoms with Gasteiger partial charge in [-0.3, -0.25) is 4.79 Å². The minimum Gasteiger partial charge on any atom is -0.507 e. The second-order valence-electron chi connectivity index (χ2n) is 6.26. The molecule has 3 aromatic rings. The molecule has 0 saturated carbocycles. The third-order valence-corrected chi connectivity index (χ3v) is 4.23. The van der Waals surface area contributed by atoms with Crippen molar-refractivity contribution in [1.82, 2.24) is 0 Å². The fourth-order valence-corrected chi connectivity index (χ4v) is 2.93. The number of phenols is 1. The predicted molar refractivity (Wildman–Crippen MR) is 108 cm³/mol. The van der Waals surface area contributed by atoms with Gasteiger partial charge in [-0.15, -0.1) is 0 Å². The summed E-state index contributed by atoms with van der Waals surface area (Å²) in [6.45, 7) is 2.00. The van der Waals surface area contributed by atoms with E-state index < -0.39 is 5.91 Å². The molecule has 0 spiro atoms. The number of nitrogens with one attached hydrogen (secondary N) is 1. The number of hydrogen-bond donors (Lipinski definition) is 2. The van der Waals surface area contributed by atoms with Gasteiger partial charge >= 0.3 is 0 Å². The Hall–Kier alpha value is -2.98. The standard InChI is InChI=1S/C22H20ClNO3/c1-15(12-16-6-3-2-4-7-16)27-19-9-5-8-18(14-19)24-22(26)20-13-17(23)10-11-21(20)25/h2-11,13-15,25H,12H2,1H3,(H,24,26)/t15-/m1/s1. The van der Waals surface area contributed by atoms with Crippen molar-refractivity contribution in [1.29, 1.82) is 0 Å². The number of hydrogen-bond acceptors (Lipinski definition) is 3. The molecular weight excluding hydrogens is 362 g/mol. The highest BCUT2D eigenvalue weighted by Crippen LogP contribution is 2.24. The summed E-state index contributed by atoms with van der Waals surface area (Å²) in [4.78, 5) is 12.4. The maximum atomic E-state index is 12.4. The second kappa shape index (κ2) is 8.60. The van der Waals surface area contributed by atoms with Gasteiger partial charge in [-0.2, -0.15) is 0 Å². The molecule has 1 amide bonds. The Morgan fingerprint density at radius 2 is 1.85 bits per heavy atom. The number of benzene rings is 3. The zero-order chi connectivity index (χ0) is 19.2. The first-order valence-corrected chi connectivity index (χ1v) is 8.99. The SMILES string of the molecule is C[C@H](Cc1ccccc1)Oc1cccc(NC(=O)c2cc(Cl)ccc2O)c1. The summed E-state index contributed by atoms with van der Waals surface area (Å²) in [5.41, 5.74) is 1.89. The molecule has 5 heteroatoms. The van der Waals surface area contributed by atoms with Crippen LogP contribution in [0.2, 0.25) is 5.02 Å². The summed E-state index contributed by atoms with van der Waals surface area (Å²) in [6, 6.07) is 21.6. The lowest BCUT2D eigenvalue weighted by molar-refractivity contribution is 0.102. The van der Waals surface area contributed by atoms with Gasteiger partial charge in [-0.05, 0) is 42.8 Å². The lowest BCUT2D eigenvalue weighted by Gasteiger charge is -2.16. The minimum atomic E-state index is -0.440. The van der Waals surface area contributed by atoms with Gasteiger partial charge in [0.1, 0.15) is 11.5 Å². The molecule has 138 valence electrons. The van der Waals surface area contributed by atoms with Crippen molar-refractivity contribution in [2.75, 3.05) is 5.32 Å². The van der Waals surface area contributed by atoms with Crippen LogP contribution in [0.5, 0.6) is 11.5 Å². The van der Waals surface area contributed by atoms with Crippen LogP contribution in [-0.4, -0.2) is 17.1 Å². The topological polar surface area (TPSA) is 58.6 Å². The normalized spacial score (nSPS) is 11.6. The van der Waals surface area contributed by atoms with Crippen molar-refractivity contribution >= 4 is 23.2 Å². The maximum Gasteiger partial charge on any atom is 0.259 e. The number of halogens is 1. The molecule has 0 heterocycles. The lowest BCUT2D eigenvalue weighted by Crippen LogP contribution is -2.15. The molecule has 2 N–H and O–H groups in total. The first-order chi connectivity index (χ1) is 13.0. The molecule has 0 bridgehead atoms. The van der Waals surface area contributed by atoms with Crippen LogP contribution in [0.3, 0.4) is 0 Å². The molecule has 0 saturated heterocycles. The number of amides is 1. The largest absolute Gasteiger partial charge is 0.507 e. The average molecular weight is 382 g/mol. The van der Waals surface area contributed by atoms with E-state index >= 15 is 0 Å².